The normalized spacial score (nSPS) is 23.3. The first-order chi connectivity index (χ1) is 9.06. The van der Waals surface area contributed by atoms with Crippen LogP contribution in [0.2, 0.25) is 5.02 Å². The highest BCUT2D eigenvalue weighted by Gasteiger charge is 2.19. The van der Waals surface area contributed by atoms with Crippen molar-refractivity contribution in [1.29, 1.82) is 0 Å². The van der Waals surface area contributed by atoms with Crippen molar-refractivity contribution >= 4 is 29.1 Å². The fourth-order valence-electron chi connectivity index (χ4n) is 2.53. The number of nitro groups is 1. The molecule has 0 N–H and O–H groups in total. The number of nitrogens with zero attached hydrogens (tertiary/aromatic N) is 1. The summed E-state index contributed by atoms with van der Waals surface area (Å²) in [5, 5.41) is 11.7. The molecule has 1 fully saturated rings. The van der Waals surface area contributed by atoms with Crippen molar-refractivity contribution < 1.29 is 4.92 Å². The van der Waals surface area contributed by atoms with E-state index in [1.54, 1.807) is 12.1 Å². The van der Waals surface area contributed by atoms with E-state index in [9.17, 15) is 10.1 Å². The second-order valence-corrected chi connectivity index (χ2v) is 6.94. The summed E-state index contributed by atoms with van der Waals surface area (Å²) in [4.78, 5) is 10.4. The smallest absolute Gasteiger partial charge is 0.258 e. The number of hydrogen-bond acceptors (Lipinski definition) is 3. The Balaban J connectivity index is 1.96. The largest absolute Gasteiger partial charge is 0.288 e. The molecule has 0 heterocycles. The van der Waals surface area contributed by atoms with Crippen LogP contribution < -0.4 is 0 Å². The summed E-state index contributed by atoms with van der Waals surface area (Å²) in [6.45, 7) is 2.31. The van der Waals surface area contributed by atoms with Gasteiger partial charge in [-0.1, -0.05) is 37.4 Å². The van der Waals surface area contributed by atoms with Gasteiger partial charge in [0.25, 0.3) is 5.69 Å². The first-order valence-corrected chi connectivity index (χ1v) is 8.03. The van der Waals surface area contributed by atoms with E-state index in [0.717, 1.165) is 17.2 Å². The molecule has 1 saturated carbocycles. The van der Waals surface area contributed by atoms with Gasteiger partial charge in [0.05, 0.1) is 4.92 Å². The Bertz CT molecular complexity index is 467. The van der Waals surface area contributed by atoms with Crippen LogP contribution in [0.5, 0.6) is 0 Å². The Hall–Kier alpha value is -0.740. The second-order valence-electron chi connectivity index (χ2n) is 5.25. The summed E-state index contributed by atoms with van der Waals surface area (Å²) in [7, 11) is 0. The van der Waals surface area contributed by atoms with Gasteiger partial charge in [0, 0.05) is 17.1 Å². The number of thioether (sulfide) groups is 1. The van der Waals surface area contributed by atoms with Gasteiger partial charge in [0.1, 0.15) is 5.02 Å². The highest BCUT2D eigenvalue weighted by atomic mass is 35.5. The van der Waals surface area contributed by atoms with Crippen LogP contribution in [0.3, 0.4) is 0 Å². The van der Waals surface area contributed by atoms with Crippen molar-refractivity contribution in [2.24, 2.45) is 5.92 Å². The van der Waals surface area contributed by atoms with E-state index in [-0.39, 0.29) is 10.7 Å². The summed E-state index contributed by atoms with van der Waals surface area (Å²) in [6.07, 6.45) is 5.17. The average Bonchev–Trinajstić information content (AvgIpc) is 2.37. The summed E-state index contributed by atoms with van der Waals surface area (Å²) in [5.41, 5.74) is 0.996. The standard InChI is InChI=1S/C14H18ClNO2S/c1-10-3-2-4-12(7-10)19-9-11-5-6-13(15)14(8-11)16(17)18/h5-6,8,10,12H,2-4,7,9H2,1H3. The van der Waals surface area contributed by atoms with Gasteiger partial charge in [-0.05, 0) is 30.4 Å². The molecule has 1 aromatic rings. The van der Waals surface area contributed by atoms with Crippen LogP contribution in [-0.4, -0.2) is 10.2 Å². The molecule has 2 atom stereocenters. The van der Waals surface area contributed by atoms with Crippen molar-refractivity contribution in [1.82, 2.24) is 0 Å². The van der Waals surface area contributed by atoms with Crippen LogP contribution >= 0.6 is 23.4 Å². The van der Waals surface area contributed by atoms with E-state index in [1.165, 1.54) is 25.7 Å². The predicted molar refractivity (Wildman–Crippen MR) is 80.8 cm³/mol. The molecule has 0 aliphatic heterocycles. The molecular weight excluding hydrogens is 282 g/mol. The fourth-order valence-corrected chi connectivity index (χ4v) is 4.12. The second kappa shape index (κ2) is 6.62. The molecule has 5 heteroatoms. The zero-order valence-electron chi connectivity index (χ0n) is 11.0. The predicted octanol–water partition coefficient (Wildman–Crippen LogP) is 5.06. The Kier molecular flexibility index (Phi) is 5.11. The lowest BCUT2D eigenvalue weighted by Crippen LogP contribution is -2.15. The van der Waals surface area contributed by atoms with Crippen molar-refractivity contribution in [3.63, 3.8) is 0 Å². The summed E-state index contributed by atoms with van der Waals surface area (Å²) in [5.74, 6) is 1.64. The van der Waals surface area contributed by atoms with E-state index in [4.69, 9.17) is 11.6 Å². The Morgan fingerprint density at radius 2 is 2.26 bits per heavy atom. The van der Waals surface area contributed by atoms with Gasteiger partial charge in [0.2, 0.25) is 0 Å². The van der Waals surface area contributed by atoms with Crippen LogP contribution in [0, 0.1) is 16.0 Å². The fraction of sp³-hybridized carbons (Fsp3) is 0.571. The number of nitro benzene ring substituents is 1. The van der Waals surface area contributed by atoms with Crippen LogP contribution in [-0.2, 0) is 5.75 Å². The van der Waals surface area contributed by atoms with Gasteiger partial charge in [-0.25, -0.2) is 0 Å². The Morgan fingerprint density at radius 1 is 1.47 bits per heavy atom. The van der Waals surface area contributed by atoms with E-state index in [0.29, 0.717) is 5.25 Å². The lowest BCUT2D eigenvalue weighted by atomic mass is 9.91. The first-order valence-electron chi connectivity index (χ1n) is 6.60. The van der Waals surface area contributed by atoms with Gasteiger partial charge in [0.15, 0.2) is 0 Å². The minimum Gasteiger partial charge on any atom is -0.258 e. The third-order valence-electron chi connectivity index (χ3n) is 3.58. The number of rotatable bonds is 4. The maximum absolute atomic E-state index is 10.8. The van der Waals surface area contributed by atoms with Crippen LogP contribution in [0.25, 0.3) is 0 Å². The molecule has 104 valence electrons. The van der Waals surface area contributed by atoms with Crippen molar-refractivity contribution in [3.8, 4) is 0 Å². The monoisotopic (exact) mass is 299 g/mol. The number of benzene rings is 1. The SMILES string of the molecule is CC1CCCC(SCc2ccc(Cl)c([N+](=O)[O-])c2)C1. The molecule has 3 nitrogen and oxygen atoms in total. The zero-order valence-corrected chi connectivity index (χ0v) is 12.5. The quantitative estimate of drug-likeness (QED) is 0.576. The van der Waals surface area contributed by atoms with Crippen LogP contribution in [0.1, 0.15) is 38.2 Å². The number of hydrogen-bond donors (Lipinski definition) is 0. The van der Waals surface area contributed by atoms with E-state index in [2.05, 4.69) is 6.92 Å². The lowest BCUT2D eigenvalue weighted by Gasteiger charge is -2.26. The highest BCUT2D eigenvalue weighted by molar-refractivity contribution is 7.99. The van der Waals surface area contributed by atoms with Crippen molar-refractivity contribution in [3.05, 3.63) is 38.9 Å². The van der Waals surface area contributed by atoms with Gasteiger partial charge < -0.3 is 0 Å². The topological polar surface area (TPSA) is 43.1 Å². The minimum absolute atomic E-state index is 0.0109. The first kappa shape index (κ1) is 14.7. The molecule has 2 rings (SSSR count). The molecule has 0 saturated heterocycles. The molecule has 0 amide bonds. The molecule has 0 bridgehead atoms. The molecule has 0 aromatic heterocycles. The van der Waals surface area contributed by atoms with Crippen molar-refractivity contribution in [2.75, 3.05) is 0 Å². The van der Waals surface area contributed by atoms with Gasteiger partial charge >= 0.3 is 0 Å². The third kappa shape index (κ3) is 4.11. The van der Waals surface area contributed by atoms with Crippen molar-refractivity contribution in [2.45, 2.75) is 43.6 Å². The van der Waals surface area contributed by atoms with Crippen LogP contribution in [0.4, 0.5) is 5.69 Å². The van der Waals surface area contributed by atoms with E-state index in [1.807, 2.05) is 17.8 Å². The highest BCUT2D eigenvalue weighted by Crippen LogP contribution is 2.34. The van der Waals surface area contributed by atoms with Crippen LogP contribution in [0.15, 0.2) is 18.2 Å². The lowest BCUT2D eigenvalue weighted by molar-refractivity contribution is -0.384. The molecule has 0 spiro atoms. The summed E-state index contributed by atoms with van der Waals surface area (Å²) in [6, 6.07) is 5.11. The molecule has 2 unspecified atom stereocenters. The summed E-state index contributed by atoms with van der Waals surface area (Å²) < 4.78 is 0. The Morgan fingerprint density at radius 3 is 2.95 bits per heavy atom. The minimum atomic E-state index is -0.417. The molecule has 1 aromatic carbocycles. The molecule has 1 aliphatic rings. The maximum atomic E-state index is 10.8. The van der Waals surface area contributed by atoms with Gasteiger partial charge in [-0.15, -0.1) is 0 Å². The Labute approximate surface area is 122 Å². The van der Waals surface area contributed by atoms with E-state index < -0.39 is 4.92 Å². The number of halogens is 1. The van der Waals surface area contributed by atoms with E-state index >= 15 is 0 Å². The third-order valence-corrected chi connectivity index (χ3v) is 5.30. The van der Waals surface area contributed by atoms with Gasteiger partial charge in [-0.3, -0.25) is 10.1 Å². The summed E-state index contributed by atoms with van der Waals surface area (Å²) >= 11 is 7.73. The maximum Gasteiger partial charge on any atom is 0.288 e. The zero-order chi connectivity index (χ0) is 13.8. The molecule has 19 heavy (non-hydrogen) atoms. The van der Waals surface area contributed by atoms with Gasteiger partial charge in [-0.2, -0.15) is 11.8 Å². The molecular formula is C14H18ClNO2S. The molecule has 0 radical (unpaired) electrons. The molecule has 1 aliphatic carbocycles. The average molecular weight is 300 g/mol.